The van der Waals surface area contributed by atoms with Gasteiger partial charge in [-0.15, -0.1) is 10.2 Å². The lowest BCUT2D eigenvalue weighted by atomic mass is 9.57. The van der Waals surface area contributed by atoms with Crippen LogP contribution in [0.2, 0.25) is 0 Å². The molecule has 0 spiro atoms. The number of benzene rings is 1. The zero-order chi connectivity index (χ0) is 28.7. The van der Waals surface area contributed by atoms with Crippen molar-refractivity contribution in [3.05, 3.63) is 71.1 Å². The summed E-state index contributed by atoms with van der Waals surface area (Å²) in [5.74, 6) is 0.858. The van der Waals surface area contributed by atoms with Gasteiger partial charge in [-0.3, -0.25) is 9.69 Å². The summed E-state index contributed by atoms with van der Waals surface area (Å²) >= 11 is 0. The Labute approximate surface area is 238 Å². The zero-order valence-corrected chi connectivity index (χ0v) is 23.7. The van der Waals surface area contributed by atoms with Crippen LogP contribution < -0.4 is 5.32 Å². The summed E-state index contributed by atoms with van der Waals surface area (Å²) in [6.07, 6.45) is 5.48. The molecule has 2 atom stereocenters. The number of fused-ring (bicyclic) bond motifs is 1. The highest BCUT2D eigenvalue weighted by Crippen LogP contribution is 2.53. The predicted molar refractivity (Wildman–Crippen MR) is 154 cm³/mol. The molecule has 1 amide bonds. The normalized spacial score (nSPS) is 24.6. The summed E-state index contributed by atoms with van der Waals surface area (Å²) in [6, 6.07) is 12.0. The summed E-state index contributed by atoms with van der Waals surface area (Å²) in [5, 5.41) is 20.8. The lowest BCUT2D eigenvalue weighted by Gasteiger charge is -2.46. The first-order valence-electron chi connectivity index (χ1n) is 14.2. The number of hydrogen-bond acceptors (Lipinski definition) is 6. The predicted octanol–water partition coefficient (Wildman–Crippen LogP) is 5.04. The van der Waals surface area contributed by atoms with Crippen molar-refractivity contribution in [3.8, 4) is 6.07 Å². The van der Waals surface area contributed by atoms with Crippen molar-refractivity contribution in [3.63, 3.8) is 0 Å². The van der Waals surface area contributed by atoms with E-state index in [1.165, 1.54) is 0 Å². The van der Waals surface area contributed by atoms with Gasteiger partial charge in [0, 0.05) is 50.9 Å². The van der Waals surface area contributed by atoms with Gasteiger partial charge in [0.05, 0.1) is 22.5 Å². The van der Waals surface area contributed by atoms with E-state index in [1.54, 1.807) is 6.33 Å². The van der Waals surface area contributed by atoms with E-state index >= 15 is 0 Å². The van der Waals surface area contributed by atoms with Crippen LogP contribution in [-0.2, 0) is 19.0 Å². The molecule has 2 N–H and O–H groups in total. The number of aryl methyl sites for hydroxylation is 2. The number of piperidine rings is 1. The number of nitriles is 1. The van der Waals surface area contributed by atoms with E-state index in [1.807, 2.05) is 55.9 Å². The van der Waals surface area contributed by atoms with Crippen LogP contribution >= 0.6 is 0 Å². The van der Waals surface area contributed by atoms with Crippen LogP contribution in [0, 0.1) is 30.1 Å². The third-order valence-corrected chi connectivity index (χ3v) is 8.89. The smallest absolute Gasteiger partial charge is 0.274 e. The maximum atomic E-state index is 14.1. The number of rotatable bonds is 7. The maximum Gasteiger partial charge on any atom is 0.274 e. The van der Waals surface area contributed by atoms with Crippen molar-refractivity contribution >= 4 is 22.6 Å². The largest absolute Gasteiger partial charge is 0.359 e. The van der Waals surface area contributed by atoms with E-state index in [0.29, 0.717) is 49.8 Å². The molecule has 9 nitrogen and oxygen atoms in total. The number of anilines is 1. The van der Waals surface area contributed by atoms with E-state index in [-0.39, 0.29) is 17.2 Å². The molecule has 1 aliphatic heterocycles. The fourth-order valence-corrected chi connectivity index (χ4v) is 6.67. The van der Waals surface area contributed by atoms with Gasteiger partial charge in [0.25, 0.3) is 5.91 Å². The van der Waals surface area contributed by atoms with E-state index in [2.05, 4.69) is 37.5 Å². The Bertz CT molecular complexity index is 1630. The van der Waals surface area contributed by atoms with Crippen molar-refractivity contribution in [2.75, 3.05) is 18.4 Å². The molecule has 41 heavy (non-hydrogen) atoms. The van der Waals surface area contributed by atoms with Crippen LogP contribution in [0.1, 0.15) is 65.6 Å². The van der Waals surface area contributed by atoms with Crippen molar-refractivity contribution in [2.45, 2.75) is 57.7 Å². The summed E-state index contributed by atoms with van der Waals surface area (Å²) in [6.45, 7) is 5.91. The number of amides is 1. The Hall–Kier alpha value is -4.10. The van der Waals surface area contributed by atoms with Crippen LogP contribution in [0.15, 0.2) is 42.9 Å². The molecule has 3 aromatic heterocycles. The number of pyridine rings is 1. The topological polar surface area (TPSA) is 116 Å². The average molecular weight is 555 g/mol. The second-order valence-corrected chi connectivity index (χ2v) is 11.9. The van der Waals surface area contributed by atoms with Crippen LogP contribution in [-0.4, -0.2) is 54.8 Å². The first kappa shape index (κ1) is 27.1. The third-order valence-electron chi connectivity index (χ3n) is 8.89. The molecular formula is C31H35FN8O. The molecule has 2 aliphatic rings. The minimum absolute atomic E-state index is 0.0165. The van der Waals surface area contributed by atoms with E-state index in [9.17, 15) is 14.4 Å². The molecule has 1 aliphatic carbocycles. The van der Waals surface area contributed by atoms with E-state index < -0.39 is 6.17 Å². The second kappa shape index (κ2) is 10.7. The number of halogens is 1. The Kier molecular flexibility index (Phi) is 7.08. The standard InChI is InChI=1S/C31H35FN8O/c1-19-15-34-28-22(17-40-10-8-25(32)20(2)16-40)11-26(37-27(19)28)29(41)36-24-6-4-5-23(12-24)31(13-21(14-31)7-9-33)30-38-35-18-39(30)3/h4-6,11-12,15,18,20-21,25,34H,7-8,10,13-14,16-17H2,1-3H3,(H,36,41)/t20-,21?,25+,31?/m1/s1. The molecular weight excluding hydrogens is 519 g/mol. The van der Waals surface area contributed by atoms with Crippen molar-refractivity contribution < 1.29 is 9.18 Å². The zero-order valence-electron chi connectivity index (χ0n) is 23.7. The minimum atomic E-state index is -0.765. The number of aromatic nitrogens is 5. The highest BCUT2D eigenvalue weighted by Gasteiger charge is 2.49. The lowest BCUT2D eigenvalue weighted by molar-refractivity contribution is 0.0928. The number of aromatic amines is 1. The number of likely N-dealkylation sites (tertiary alicyclic amines) is 1. The Morgan fingerprint density at radius 3 is 2.88 bits per heavy atom. The Morgan fingerprint density at radius 2 is 2.15 bits per heavy atom. The molecule has 2 fully saturated rings. The Balaban J connectivity index is 1.27. The van der Waals surface area contributed by atoms with Gasteiger partial charge in [0.1, 0.15) is 24.0 Å². The maximum absolute atomic E-state index is 14.1. The number of alkyl halides is 1. The lowest BCUT2D eigenvalue weighted by Crippen LogP contribution is -2.44. The Morgan fingerprint density at radius 1 is 1.32 bits per heavy atom. The fraction of sp³-hybridized carbons (Fsp3) is 0.452. The van der Waals surface area contributed by atoms with Crippen LogP contribution in [0.5, 0.6) is 0 Å². The highest BCUT2D eigenvalue weighted by atomic mass is 19.1. The second-order valence-electron chi connectivity index (χ2n) is 11.9. The summed E-state index contributed by atoms with van der Waals surface area (Å²) < 4.78 is 16.0. The van der Waals surface area contributed by atoms with Gasteiger partial charge in [-0.2, -0.15) is 5.26 Å². The molecule has 4 aromatic rings. The van der Waals surface area contributed by atoms with Gasteiger partial charge in [-0.05, 0) is 67.0 Å². The average Bonchev–Trinajstić information content (AvgIpc) is 3.54. The molecule has 6 rings (SSSR count). The van der Waals surface area contributed by atoms with E-state index in [0.717, 1.165) is 46.4 Å². The van der Waals surface area contributed by atoms with Crippen molar-refractivity contribution in [1.82, 2.24) is 29.6 Å². The third kappa shape index (κ3) is 4.99. The van der Waals surface area contributed by atoms with Crippen LogP contribution in [0.3, 0.4) is 0 Å². The SMILES string of the molecule is Cc1c[nH]c2c(CN3CC[C@H](F)[C@H](C)C3)cc(C(=O)Nc3cccc(C4(c5nncn5C)CC(CC#N)C4)c3)nc12. The first-order chi connectivity index (χ1) is 19.8. The molecule has 0 bridgehead atoms. The van der Waals surface area contributed by atoms with Gasteiger partial charge in [0.2, 0.25) is 0 Å². The van der Waals surface area contributed by atoms with Gasteiger partial charge in [-0.25, -0.2) is 9.37 Å². The van der Waals surface area contributed by atoms with Gasteiger partial charge < -0.3 is 14.9 Å². The number of nitrogens with one attached hydrogen (secondary N) is 2. The number of nitrogens with zero attached hydrogens (tertiary/aromatic N) is 6. The van der Waals surface area contributed by atoms with Gasteiger partial charge >= 0.3 is 0 Å². The fourth-order valence-electron chi connectivity index (χ4n) is 6.67. The summed E-state index contributed by atoms with van der Waals surface area (Å²) in [5.41, 5.74) is 5.33. The number of H-pyrrole nitrogens is 1. The van der Waals surface area contributed by atoms with Gasteiger partial charge in [-0.1, -0.05) is 19.1 Å². The molecule has 1 saturated heterocycles. The van der Waals surface area contributed by atoms with Crippen LogP contribution in [0.25, 0.3) is 11.0 Å². The monoisotopic (exact) mass is 554 g/mol. The quantitative estimate of drug-likeness (QED) is 0.331. The summed E-state index contributed by atoms with van der Waals surface area (Å²) in [7, 11) is 1.93. The molecule has 4 heterocycles. The first-order valence-corrected chi connectivity index (χ1v) is 14.2. The molecule has 1 saturated carbocycles. The highest BCUT2D eigenvalue weighted by molar-refractivity contribution is 6.04. The van der Waals surface area contributed by atoms with E-state index in [4.69, 9.17) is 4.98 Å². The molecule has 0 radical (unpaired) electrons. The molecule has 1 aromatic carbocycles. The molecule has 212 valence electrons. The van der Waals surface area contributed by atoms with Gasteiger partial charge in [0.15, 0.2) is 0 Å². The minimum Gasteiger partial charge on any atom is -0.359 e. The number of hydrogen-bond donors (Lipinski definition) is 2. The molecule has 0 unspecified atom stereocenters. The molecule has 10 heteroatoms. The van der Waals surface area contributed by atoms with Crippen molar-refractivity contribution in [2.24, 2.45) is 18.9 Å². The van der Waals surface area contributed by atoms with Crippen LogP contribution in [0.4, 0.5) is 10.1 Å². The number of carbonyl (C=O) groups excluding carboxylic acids is 1. The summed E-state index contributed by atoms with van der Waals surface area (Å²) in [4.78, 5) is 23.9. The van der Waals surface area contributed by atoms with Crippen molar-refractivity contribution in [1.29, 1.82) is 5.26 Å². The number of carbonyl (C=O) groups is 1.